The number of esters is 2. The predicted octanol–water partition coefficient (Wildman–Crippen LogP) is 3.32. The molecule has 2 atom stereocenters. The van der Waals surface area contributed by atoms with Crippen LogP contribution in [0.25, 0.3) is 0 Å². The molecule has 0 radical (unpaired) electrons. The molecule has 0 aromatic heterocycles. The van der Waals surface area contributed by atoms with Crippen molar-refractivity contribution in [2.24, 2.45) is 0 Å². The van der Waals surface area contributed by atoms with E-state index in [0.717, 1.165) is 5.01 Å². The monoisotopic (exact) mass is 476 g/mol. The van der Waals surface area contributed by atoms with Crippen LogP contribution in [0.5, 0.6) is 11.5 Å². The lowest BCUT2D eigenvalue weighted by Crippen LogP contribution is -2.58. The van der Waals surface area contributed by atoms with Crippen LogP contribution in [0.4, 0.5) is 0 Å². The number of rotatable bonds is 9. The number of carbonyl (C=O) groups excluding carboxylic acids is 3. The van der Waals surface area contributed by atoms with Gasteiger partial charge in [-0.25, -0.2) is 14.4 Å². The smallest absolute Gasteiger partial charge is 0.335 e. The quantitative estimate of drug-likeness (QED) is 0.274. The lowest BCUT2D eigenvalue weighted by Gasteiger charge is -2.31. The number of benzene rings is 3. The average molecular weight is 476 g/mol. The van der Waals surface area contributed by atoms with E-state index < -0.39 is 35.9 Å². The number of carboxylic acids is 1. The van der Waals surface area contributed by atoms with Crippen LogP contribution in [0.15, 0.2) is 84.9 Å². The summed E-state index contributed by atoms with van der Waals surface area (Å²) in [7, 11) is 0. The van der Waals surface area contributed by atoms with E-state index in [1.165, 1.54) is 38.1 Å². The minimum Gasteiger partial charge on any atom is -0.478 e. The summed E-state index contributed by atoms with van der Waals surface area (Å²) in [6.45, 7) is 2.93. The lowest BCUT2D eigenvalue weighted by molar-refractivity contribution is -0.148. The normalized spacial score (nSPS) is 12.3. The van der Waals surface area contributed by atoms with Gasteiger partial charge in [-0.2, -0.15) is 5.01 Å². The van der Waals surface area contributed by atoms with Crippen molar-refractivity contribution < 1.29 is 33.8 Å². The molecule has 0 fully saturated rings. The Kier molecular flexibility index (Phi) is 8.31. The highest BCUT2D eigenvalue weighted by molar-refractivity contribution is 5.97. The van der Waals surface area contributed by atoms with Crippen LogP contribution in [-0.2, 0) is 9.59 Å². The Balaban J connectivity index is 1.84. The van der Waals surface area contributed by atoms with Gasteiger partial charge in [0.2, 0.25) is 0 Å². The molecule has 2 N–H and O–H groups in total. The first-order chi connectivity index (χ1) is 16.8. The second-order valence-corrected chi connectivity index (χ2v) is 7.55. The number of nitrogens with one attached hydrogen (secondary N) is 1. The van der Waals surface area contributed by atoms with Crippen LogP contribution in [0.3, 0.4) is 0 Å². The van der Waals surface area contributed by atoms with Crippen molar-refractivity contribution in [1.82, 2.24) is 10.4 Å². The van der Waals surface area contributed by atoms with E-state index in [4.69, 9.17) is 9.47 Å². The summed E-state index contributed by atoms with van der Waals surface area (Å²) in [5.74, 6) is -2.78. The minimum absolute atomic E-state index is 0.0298. The zero-order chi connectivity index (χ0) is 25.4. The number of para-hydroxylation sites is 2. The first kappa shape index (κ1) is 25.1. The molecule has 0 aliphatic rings. The van der Waals surface area contributed by atoms with Crippen LogP contribution in [0.1, 0.15) is 34.6 Å². The molecule has 3 aromatic rings. The molecule has 0 heterocycles. The SMILES string of the molecule is CC(C(=O)Oc1ccccc1)N(NC(=O)c1cccc(C(=O)O)c1)C(C)C(=O)Oc1ccccc1. The second-order valence-electron chi connectivity index (χ2n) is 7.55. The third kappa shape index (κ3) is 6.75. The topological polar surface area (TPSA) is 122 Å². The van der Waals surface area contributed by atoms with E-state index >= 15 is 0 Å². The number of hydrogen-bond acceptors (Lipinski definition) is 7. The van der Waals surface area contributed by atoms with Gasteiger partial charge in [0.25, 0.3) is 5.91 Å². The van der Waals surface area contributed by atoms with E-state index in [9.17, 15) is 24.3 Å². The first-order valence-electron chi connectivity index (χ1n) is 10.7. The van der Waals surface area contributed by atoms with E-state index in [2.05, 4.69) is 5.43 Å². The first-order valence-corrected chi connectivity index (χ1v) is 10.7. The zero-order valence-corrected chi connectivity index (χ0v) is 19.1. The van der Waals surface area contributed by atoms with Gasteiger partial charge in [0, 0.05) is 5.56 Å². The van der Waals surface area contributed by atoms with Crippen LogP contribution in [-0.4, -0.2) is 46.0 Å². The van der Waals surface area contributed by atoms with Crippen LogP contribution in [0.2, 0.25) is 0 Å². The highest BCUT2D eigenvalue weighted by Crippen LogP contribution is 2.15. The van der Waals surface area contributed by atoms with Gasteiger partial charge in [-0.05, 0) is 56.3 Å². The number of nitrogens with zero attached hydrogens (tertiary/aromatic N) is 1. The van der Waals surface area contributed by atoms with Crippen LogP contribution >= 0.6 is 0 Å². The zero-order valence-electron chi connectivity index (χ0n) is 19.1. The standard InChI is InChI=1S/C26H24N2O7/c1-17(25(32)34-21-12-5-3-6-13-21)28(18(2)26(33)35-22-14-7-4-8-15-22)27-23(29)19-10-9-11-20(16-19)24(30)31/h3-18H,1-2H3,(H,27,29)(H,30,31). The molecule has 9 heteroatoms. The largest absolute Gasteiger partial charge is 0.478 e. The predicted molar refractivity (Wildman–Crippen MR) is 126 cm³/mol. The van der Waals surface area contributed by atoms with Crippen molar-refractivity contribution >= 4 is 23.8 Å². The summed E-state index contributed by atoms with van der Waals surface area (Å²) in [5.41, 5.74) is 2.48. The fourth-order valence-electron chi connectivity index (χ4n) is 3.11. The van der Waals surface area contributed by atoms with E-state index in [1.807, 2.05) is 0 Å². The van der Waals surface area contributed by atoms with Crippen molar-refractivity contribution in [3.8, 4) is 11.5 Å². The molecule has 0 saturated heterocycles. The molecule has 0 aliphatic heterocycles. The van der Waals surface area contributed by atoms with Gasteiger partial charge in [0.15, 0.2) is 0 Å². The number of amides is 1. The maximum Gasteiger partial charge on any atom is 0.335 e. The molecule has 0 bridgehead atoms. The molecule has 3 aromatic carbocycles. The fourth-order valence-corrected chi connectivity index (χ4v) is 3.11. The van der Waals surface area contributed by atoms with Gasteiger partial charge in [-0.1, -0.05) is 42.5 Å². The van der Waals surface area contributed by atoms with Gasteiger partial charge in [-0.3, -0.25) is 10.2 Å². The number of hydrazine groups is 1. The maximum atomic E-state index is 13.0. The van der Waals surface area contributed by atoms with Crippen LogP contribution < -0.4 is 14.9 Å². The highest BCUT2D eigenvalue weighted by Gasteiger charge is 2.34. The van der Waals surface area contributed by atoms with Crippen molar-refractivity contribution in [2.45, 2.75) is 25.9 Å². The molecular formula is C26H24N2O7. The van der Waals surface area contributed by atoms with Gasteiger partial charge >= 0.3 is 17.9 Å². The van der Waals surface area contributed by atoms with E-state index in [-0.39, 0.29) is 11.1 Å². The van der Waals surface area contributed by atoms with Crippen molar-refractivity contribution in [3.63, 3.8) is 0 Å². The Bertz CT molecular complexity index is 1140. The molecule has 9 nitrogen and oxygen atoms in total. The van der Waals surface area contributed by atoms with Crippen molar-refractivity contribution in [2.75, 3.05) is 0 Å². The Hall–Kier alpha value is -4.50. The summed E-state index contributed by atoms with van der Waals surface area (Å²) in [5, 5.41) is 10.3. The van der Waals surface area contributed by atoms with Crippen molar-refractivity contribution in [1.29, 1.82) is 0 Å². The Labute approximate surface area is 201 Å². The molecule has 0 saturated carbocycles. The van der Waals surface area contributed by atoms with E-state index in [1.54, 1.807) is 60.7 Å². The highest BCUT2D eigenvalue weighted by atomic mass is 16.5. The van der Waals surface area contributed by atoms with Gasteiger partial charge in [0.05, 0.1) is 5.56 Å². The van der Waals surface area contributed by atoms with E-state index in [0.29, 0.717) is 11.5 Å². The van der Waals surface area contributed by atoms with Gasteiger partial charge in [0.1, 0.15) is 23.6 Å². The molecular weight excluding hydrogens is 452 g/mol. The van der Waals surface area contributed by atoms with Crippen LogP contribution in [0, 0.1) is 0 Å². The summed E-state index contributed by atoms with van der Waals surface area (Å²) >= 11 is 0. The summed E-state index contributed by atoms with van der Waals surface area (Å²) < 4.78 is 10.8. The minimum atomic E-state index is -1.20. The van der Waals surface area contributed by atoms with Crippen molar-refractivity contribution in [3.05, 3.63) is 96.1 Å². The molecule has 35 heavy (non-hydrogen) atoms. The molecule has 1 amide bonds. The number of hydrogen-bond donors (Lipinski definition) is 2. The third-order valence-electron chi connectivity index (χ3n) is 5.04. The molecule has 0 spiro atoms. The molecule has 0 aliphatic carbocycles. The number of aromatic carboxylic acids is 1. The summed E-state index contributed by atoms with van der Waals surface area (Å²) in [6.07, 6.45) is 0. The van der Waals surface area contributed by atoms with Gasteiger partial charge < -0.3 is 14.6 Å². The lowest BCUT2D eigenvalue weighted by atomic mass is 10.1. The fraction of sp³-hybridized carbons (Fsp3) is 0.154. The number of carboxylic acid groups (broad SMARTS) is 1. The number of ether oxygens (including phenoxy) is 2. The number of carbonyl (C=O) groups is 4. The molecule has 3 rings (SSSR count). The summed E-state index contributed by atoms with van der Waals surface area (Å²) in [6, 6.07) is 19.8. The Morgan fingerprint density at radius 1 is 0.714 bits per heavy atom. The molecule has 180 valence electrons. The third-order valence-corrected chi connectivity index (χ3v) is 5.04. The molecule has 2 unspecified atom stereocenters. The Morgan fingerprint density at radius 2 is 1.17 bits per heavy atom. The summed E-state index contributed by atoms with van der Waals surface area (Å²) in [4.78, 5) is 49.9. The average Bonchev–Trinajstić information content (AvgIpc) is 2.87. The maximum absolute atomic E-state index is 13.0. The van der Waals surface area contributed by atoms with Gasteiger partial charge in [-0.15, -0.1) is 0 Å². The second kappa shape index (κ2) is 11.6. The Morgan fingerprint density at radius 3 is 1.63 bits per heavy atom.